The van der Waals surface area contributed by atoms with E-state index >= 15 is 0 Å². The summed E-state index contributed by atoms with van der Waals surface area (Å²) in [6.45, 7) is 2.44. The second-order valence-corrected chi connectivity index (χ2v) is 12.8. The SMILES string of the molecule is S=C1N(c2ccccc2)C(=NC23CC4CC(CC(C4)C2)C3)[C@@H](N2CCCC2)C12CCCCC2. The number of likely N-dealkylation sites (tertiary alicyclic amines) is 1. The lowest BCUT2D eigenvalue weighted by molar-refractivity contribution is 0.00113. The Morgan fingerprint density at radius 1 is 0.788 bits per heavy atom. The van der Waals surface area contributed by atoms with Crippen molar-refractivity contribution in [2.45, 2.75) is 95.1 Å². The van der Waals surface area contributed by atoms with Crippen molar-refractivity contribution in [2.24, 2.45) is 28.2 Å². The summed E-state index contributed by atoms with van der Waals surface area (Å²) in [5.74, 6) is 4.12. The summed E-state index contributed by atoms with van der Waals surface area (Å²) in [4.78, 5) is 12.4. The van der Waals surface area contributed by atoms with Crippen LogP contribution in [-0.4, -0.2) is 40.4 Å². The molecular formula is C29H39N3S. The molecule has 8 rings (SSSR count). The average Bonchev–Trinajstić information content (AvgIpc) is 3.40. The van der Waals surface area contributed by atoms with Gasteiger partial charge in [0.05, 0.1) is 16.6 Å². The zero-order valence-corrected chi connectivity index (χ0v) is 20.9. The van der Waals surface area contributed by atoms with E-state index < -0.39 is 0 Å². The first-order valence-electron chi connectivity index (χ1n) is 13.9. The van der Waals surface area contributed by atoms with Crippen molar-refractivity contribution in [1.29, 1.82) is 0 Å². The van der Waals surface area contributed by atoms with Gasteiger partial charge in [0.25, 0.3) is 0 Å². The highest BCUT2D eigenvalue weighted by atomic mass is 32.1. The molecule has 33 heavy (non-hydrogen) atoms. The van der Waals surface area contributed by atoms with Crippen LogP contribution in [0.5, 0.6) is 0 Å². The zero-order valence-electron chi connectivity index (χ0n) is 20.1. The van der Waals surface area contributed by atoms with Crippen LogP contribution in [0.25, 0.3) is 0 Å². The van der Waals surface area contributed by atoms with Crippen molar-refractivity contribution >= 4 is 28.7 Å². The Balaban J connectivity index is 1.39. The monoisotopic (exact) mass is 461 g/mol. The van der Waals surface area contributed by atoms with E-state index in [2.05, 4.69) is 40.1 Å². The third-order valence-electron chi connectivity index (χ3n) is 10.2. The molecule has 4 heteroatoms. The number of benzene rings is 1. The summed E-state index contributed by atoms with van der Waals surface area (Å²) in [5.41, 5.74) is 1.54. The van der Waals surface area contributed by atoms with Crippen LogP contribution in [0, 0.1) is 23.2 Å². The summed E-state index contributed by atoms with van der Waals surface area (Å²) in [7, 11) is 0. The van der Waals surface area contributed by atoms with Gasteiger partial charge >= 0.3 is 0 Å². The Kier molecular flexibility index (Phi) is 5.03. The van der Waals surface area contributed by atoms with Crippen LogP contribution >= 0.6 is 12.2 Å². The number of hydrogen-bond donors (Lipinski definition) is 0. The van der Waals surface area contributed by atoms with E-state index in [4.69, 9.17) is 17.2 Å². The minimum atomic E-state index is 0.106. The van der Waals surface area contributed by atoms with E-state index in [1.807, 2.05) is 0 Å². The van der Waals surface area contributed by atoms with Gasteiger partial charge in [-0.2, -0.15) is 0 Å². The summed E-state index contributed by atoms with van der Waals surface area (Å²) in [6.07, 6.45) is 17.6. The molecule has 7 fully saturated rings. The third-order valence-corrected chi connectivity index (χ3v) is 10.8. The predicted octanol–water partition coefficient (Wildman–Crippen LogP) is 6.62. The average molecular weight is 462 g/mol. The molecule has 2 aliphatic heterocycles. The summed E-state index contributed by atoms with van der Waals surface area (Å²) < 4.78 is 0. The standard InChI is InChI=1S/C29H39N3S/c33-27-29(11-5-2-6-12-29)25(31-13-7-8-14-31)26(32(27)24-9-3-1-4-10-24)30-28-18-21-15-22(19-28)17-23(16-21)20-28/h1,3-4,9-10,21-23,25H,2,5-8,11-20H2/t21?,22?,23?,25-,28?/m1/s1. The minimum Gasteiger partial charge on any atom is -0.293 e. The quantitative estimate of drug-likeness (QED) is 0.472. The first kappa shape index (κ1) is 21.1. The number of rotatable bonds is 3. The van der Waals surface area contributed by atoms with E-state index in [-0.39, 0.29) is 11.0 Å². The molecule has 0 unspecified atom stereocenters. The van der Waals surface area contributed by atoms with Crippen LogP contribution < -0.4 is 4.90 Å². The Morgan fingerprint density at radius 2 is 1.39 bits per heavy atom. The molecule has 2 saturated heterocycles. The molecule has 0 radical (unpaired) electrons. The van der Waals surface area contributed by atoms with Crippen molar-refractivity contribution in [1.82, 2.24) is 4.90 Å². The topological polar surface area (TPSA) is 18.8 Å². The summed E-state index contributed by atoms with van der Waals surface area (Å²) >= 11 is 6.47. The number of anilines is 1. The highest BCUT2D eigenvalue weighted by Crippen LogP contribution is 2.58. The molecule has 5 aliphatic carbocycles. The molecule has 1 spiro atoms. The fourth-order valence-electron chi connectivity index (χ4n) is 9.38. The van der Waals surface area contributed by atoms with Crippen LogP contribution in [0.3, 0.4) is 0 Å². The normalized spacial score (nSPS) is 41.0. The molecule has 3 nitrogen and oxygen atoms in total. The van der Waals surface area contributed by atoms with Crippen LogP contribution in [-0.2, 0) is 0 Å². The van der Waals surface area contributed by atoms with Crippen LogP contribution in [0.15, 0.2) is 35.3 Å². The summed E-state index contributed by atoms with van der Waals surface area (Å²) in [5, 5.41) is 0. The molecule has 0 N–H and O–H groups in total. The van der Waals surface area contributed by atoms with Crippen molar-refractivity contribution < 1.29 is 0 Å². The smallest absolute Gasteiger partial charge is 0.127 e. The molecular weight excluding hydrogens is 422 g/mol. The van der Waals surface area contributed by atoms with Gasteiger partial charge in [0.1, 0.15) is 5.84 Å². The zero-order chi connectivity index (χ0) is 22.0. The van der Waals surface area contributed by atoms with Crippen molar-refractivity contribution in [3.8, 4) is 0 Å². The highest BCUT2D eigenvalue weighted by Gasteiger charge is 2.59. The Labute approximate surface area is 205 Å². The van der Waals surface area contributed by atoms with Gasteiger partial charge in [0.15, 0.2) is 0 Å². The number of thiocarbonyl (C=S) groups is 1. The maximum absolute atomic E-state index is 6.47. The Hall–Kier alpha value is -1.26. The van der Waals surface area contributed by atoms with Crippen molar-refractivity contribution in [2.75, 3.05) is 18.0 Å². The maximum atomic E-state index is 6.47. The summed E-state index contributed by atoms with van der Waals surface area (Å²) in [6, 6.07) is 11.4. The fourth-order valence-corrected chi connectivity index (χ4v) is 9.89. The van der Waals surface area contributed by atoms with E-state index in [1.165, 1.54) is 113 Å². The van der Waals surface area contributed by atoms with Gasteiger partial charge in [-0.3, -0.25) is 14.8 Å². The lowest BCUT2D eigenvalue weighted by atomic mass is 9.53. The maximum Gasteiger partial charge on any atom is 0.127 e. The molecule has 2 heterocycles. The lowest BCUT2D eigenvalue weighted by Crippen LogP contribution is -2.53. The second-order valence-electron chi connectivity index (χ2n) is 12.5. The van der Waals surface area contributed by atoms with Gasteiger partial charge in [0, 0.05) is 11.1 Å². The van der Waals surface area contributed by atoms with Gasteiger partial charge in [-0.05, 0) is 107 Å². The van der Waals surface area contributed by atoms with Gasteiger partial charge in [0.2, 0.25) is 0 Å². The molecule has 1 aromatic carbocycles. The largest absolute Gasteiger partial charge is 0.293 e. The molecule has 0 aromatic heterocycles. The van der Waals surface area contributed by atoms with E-state index in [9.17, 15) is 0 Å². The van der Waals surface area contributed by atoms with Gasteiger partial charge < -0.3 is 0 Å². The van der Waals surface area contributed by atoms with Crippen molar-refractivity contribution in [3.63, 3.8) is 0 Å². The fraction of sp³-hybridized carbons (Fsp3) is 0.724. The van der Waals surface area contributed by atoms with E-state index in [1.54, 1.807) is 0 Å². The van der Waals surface area contributed by atoms with E-state index in [0.29, 0.717) is 6.04 Å². The molecule has 5 saturated carbocycles. The van der Waals surface area contributed by atoms with Gasteiger partial charge in [-0.25, -0.2) is 0 Å². The van der Waals surface area contributed by atoms with Crippen LogP contribution in [0.4, 0.5) is 5.69 Å². The molecule has 1 atom stereocenters. The van der Waals surface area contributed by atoms with E-state index in [0.717, 1.165) is 17.8 Å². The molecule has 4 bridgehead atoms. The van der Waals surface area contributed by atoms with Crippen LogP contribution in [0.1, 0.15) is 83.5 Å². The van der Waals surface area contributed by atoms with Crippen LogP contribution in [0.2, 0.25) is 0 Å². The first-order valence-corrected chi connectivity index (χ1v) is 14.3. The number of aliphatic imine (C=N–C) groups is 1. The first-order chi connectivity index (χ1) is 16.2. The predicted molar refractivity (Wildman–Crippen MR) is 140 cm³/mol. The molecule has 7 aliphatic rings. The second kappa shape index (κ2) is 7.88. The van der Waals surface area contributed by atoms with Crippen molar-refractivity contribution in [3.05, 3.63) is 30.3 Å². The number of para-hydroxylation sites is 1. The van der Waals surface area contributed by atoms with Gasteiger partial charge in [-0.15, -0.1) is 0 Å². The molecule has 0 amide bonds. The Morgan fingerprint density at radius 3 is 2.00 bits per heavy atom. The number of nitrogens with zero attached hydrogens (tertiary/aromatic N) is 3. The Bertz CT molecular complexity index is 906. The van der Waals surface area contributed by atoms with Gasteiger partial charge in [-0.1, -0.05) is 49.7 Å². The third kappa shape index (κ3) is 3.30. The minimum absolute atomic E-state index is 0.106. The molecule has 1 aromatic rings. The highest BCUT2D eigenvalue weighted by molar-refractivity contribution is 7.80. The lowest BCUT2D eigenvalue weighted by Gasteiger charge is -2.55. The molecule has 176 valence electrons. The number of hydrogen-bond acceptors (Lipinski definition) is 3. The number of amidine groups is 1.